The predicted molar refractivity (Wildman–Crippen MR) is 76.9 cm³/mol. The Hall–Kier alpha value is -0.170. The van der Waals surface area contributed by atoms with Crippen molar-refractivity contribution in [1.82, 2.24) is 9.03 Å². The number of rotatable bonds is 4. The molecule has 0 radical (unpaired) electrons. The van der Waals surface area contributed by atoms with E-state index in [1.54, 1.807) is 4.31 Å². The largest absolute Gasteiger partial charge is 0.330 e. The number of nitrogens with zero attached hydrogens (tertiary/aromatic N) is 1. The normalized spacial score (nSPS) is 31.0. The van der Waals surface area contributed by atoms with Crippen molar-refractivity contribution in [3.05, 3.63) is 0 Å². The molecule has 2 aliphatic rings. The van der Waals surface area contributed by atoms with Gasteiger partial charge in [-0.1, -0.05) is 25.7 Å². The van der Waals surface area contributed by atoms with Gasteiger partial charge >= 0.3 is 0 Å². The maximum atomic E-state index is 12.4. The summed E-state index contributed by atoms with van der Waals surface area (Å²) in [5, 5.41) is 0. The average molecular weight is 289 g/mol. The summed E-state index contributed by atoms with van der Waals surface area (Å²) in [7, 11) is -3.32. The van der Waals surface area contributed by atoms with Crippen LogP contribution in [0, 0.1) is 5.92 Å². The van der Waals surface area contributed by atoms with Gasteiger partial charge in [-0.25, -0.2) is 0 Å². The summed E-state index contributed by atoms with van der Waals surface area (Å²) in [6.07, 6.45) is 8.48. The Kier molecular flexibility index (Phi) is 5.62. The van der Waals surface area contributed by atoms with E-state index in [4.69, 9.17) is 5.73 Å². The zero-order valence-electron chi connectivity index (χ0n) is 11.7. The van der Waals surface area contributed by atoms with Crippen LogP contribution in [0.15, 0.2) is 0 Å². The van der Waals surface area contributed by atoms with Gasteiger partial charge in [0.15, 0.2) is 0 Å². The molecule has 1 saturated carbocycles. The van der Waals surface area contributed by atoms with E-state index in [0.29, 0.717) is 25.6 Å². The van der Waals surface area contributed by atoms with Gasteiger partial charge in [-0.05, 0) is 38.1 Å². The van der Waals surface area contributed by atoms with E-state index in [0.717, 1.165) is 44.9 Å². The molecule has 6 heteroatoms. The monoisotopic (exact) mass is 289 g/mol. The molecule has 2 rings (SSSR count). The molecule has 2 atom stereocenters. The third-order valence-electron chi connectivity index (χ3n) is 4.42. The van der Waals surface area contributed by atoms with E-state index in [1.807, 2.05) is 0 Å². The highest BCUT2D eigenvalue weighted by molar-refractivity contribution is 7.87. The summed E-state index contributed by atoms with van der Waals surface area (Å²) in [4.78, 5) is 0. The van der Waals surface area contributed by atoms with Gasteiger partial charge in [0.25, 0.3) is 10.2 Å². The number of nitrogens with one attached hydrogen (secondary N) is 1. The Morgan fingerprint density at radius 3 is 2.26 bits per heavy atom. The molecule has 0 spiro atoms. The van der Waals surface area contributed by atoms with Gasteiger partial charge in [-0.15, -0.1) is 0 Å². The van der Waals surface area contributed by atoms with Crippen LogP contribution in [0.5, 0.6) is 0 Å². The van der Waals surface area contributed by atoms with Gasteiger partial charge in [-0.2, -0.15) is 17.4 Å². The summed E-state index contributed by atoms with van der Waals surface area (Å²) < 4.78 is 29.4. The second-order valence-corrected chi connectivity index (χ2v) is 7.53. The van der Waals surface area contributed by atoms with Crippen LogP contribution in [-0.2, 0) is 10.2 Å². The topological polar surface area (TPSA) is 75.4 Å². The first-order chi connectivity index (χ1) is 9.13. The Bertz CT molecular complexity index is 364. The maximum Gasteiger partial charge on any atom is 0.279 e. The summed E-state index contributed by atoms with van der Waals surface area (Å²) in [6.45, 7) is 1.90. The minimum atomic E-state index is -3.32. The van der Waals surface area contributed by atoms with Crippen molar-refractivity contribution in [1.29, 1.82) is 0 Å². The standard InChI is InChI=1S/C13H27N3O2S/c14-11-12-7-3-4-8-13(12)15-19(17,18)16-9-5-1-2-6-10-16/h12-13,15H,1-11,14H2. The molecule has 2 fully saturated rings. The molecule has 1 heterocycles. The van der Waals surface area contributed by atoms with Crippen LogP contribution in [0.25, 0.3) is 0 Å². The highest BCUT2D eigenvalue weighted by Gasteiger charge is 2.31. The molecule has 1 aliphatic heterocycles. The highest BCUT2D eigenvalue weighted by atomic mass is 32.2. The number of nitrogens with two attached hydrogens (primary N) is 1. The van der Waals surface area contributed by atoms with Crippen molar-refractivity contribution < 1.29 is 8.42 Å². The molecule has 0 amide bonds. The van der Waals surface area contributed by atoms with E-state index in [-0.39, 0.29) is 6.04 Å². The molecule has 1 aliphatic carbocycles. The quantitative estimate of drug-likeness (QED) is 0.817. The molecule has 0 aromatic rings. The van der Waals surface area contributed by atoms with E-state index in [2.05, 4.69) is 4.72 Å². The second-order valence-electron chi connectivity index (χ2n) is 5.82. The van der Waals surface area contributed by atoms with Gasteiger partial charge in [0.05, 0.1) is 0 Å². The van der Waals surface area contributed by atoms with E-state index < -0.39 is 10.2 Å². The third kappa shape index (κ3) is 4.15. The van der Waals surface area contributed by atoms with Crippen molar-refractivity contribution in [2.24, 2.45) is 11.7 Å². The van der Waals surface area contributed by atoms with Crippen LogP contribution in [0.3, 0.4) is 0 Å². The fourth-order valence-corrected chi connectivity index (χ4v) is 4.77. The van der Waals surface area contributed by atoms with Gasteiger partial charge in [0, 0.05) is 19.1 Å². The van der Waals surface area contributed by atoms with E-state index in [1.165, 1.54) is 6.42 Å². The van der Waals surface area contributed by atoms with Crippen LogP contribution >= 0.6 is 0 Å². The lowest BCUT2D eigenvalue weighted by Gasteiger charge is -2.33. The maximum absolute atomic E-state index is 12.4. The van der Waals surface area contributed by atoms with E-state index >= 15 is 0 Å². The van der Waals surface area contributed by atoms with Crippen molar-refractivity contribution in [2.45, 2.75) is 57.4 Å². The number of hydrogen-bond donors (Lipinski definition) is 2. The number of hydrogen-bond acceptors (Lipinski definition) is 3. The molecule has 3 N–H and O–H groups in total. The molecular weight excluding hydrogens is 262 g/mol. The van der Waals surface area contributed by atoms with Crippen molar-refractivity contribution >= 4 is 10.2 Å². The fraction of sp³-hybridized carbons (Fsp3) is 1.00. The zero-order valence-corrected chi connectivity index (χ0v) is 12.5. The van der Waals surface area contributed by atoms with Crippen molar-refractivity contribution in [3.8, 4) is 0 Å². The van der Waals surface area contributed by atoms with Crippen molar-refractivity contribution in [2.75, 3.05) is 19.6 Å². The summed E-state index contributed by atoms with van der Waals surface area (Å²) in [5.74, 6) is 0.301. The minimum Gasteiger partial charge on any atom is -0.330 e. The average Bonchev–Trinajstić information content (AvgIpc) is 2.68. The molecule has 2 unspecified atom stereocenters. The van der Waals surface area contributed by atoms with Gasteiger partial charge in [0.2, 0.25) is 0 Å². The van der Waals surface area contributed by atoms with Crippen LogP contribution in [0.1, 0.15) is 51.4 Å². The Morgan fingerprint density at radius 2 is 1.63 bits per heavy atom. The van der Waals surface area contributed by atoms with Crippen LogP contribution in [0.2, 0.25) is 0 Å². The molecular formula is C13H27N3O2S. The summed E-state index contributed by atoms with van der Waals surface area (Å²) in [5.41, 5.74) is 5.77. The Morgan fingerprint density at radius 1 is 1.00 bits per heavy atom. The van der Waals surface area contributed by atoms with Crippen LogP contribution in [-0.4, -0.2) is 38.4 Å². The third-order valence-corrected chi connectivity index (χ3v) is 6.06. The summed E-state index contributed by atoms with van der Waals surface area (Å²) >= 11 is 0. The molecule has 5 nitrogen and oxygen atoms in total. The highest BCUT2D eigenvalue weighted by Crippen LogP contribution is 2.24. The van der Waals surface area contributed by atoms with Gasteiger partial charge in [-0.3, -0.25) is 0 Å². The lowest BCUT2D eigenvalue weighted by atomic mass is 9.85. The SMILES string of the molecule is NCC1CCCCC1NS(=O)(=O)N1CCCCCC1. The molecule has 0 aromatic heterocycles. The van der Waals surface area contributed by atoms with Gasteiger partial charge in [0.1, 0.15) is 0 Å². The Balaban J connectivity index is 1.98. The minimum absolute atomic E-state index is 0.0343. The predicted octanol–water partition coefficient (Wildman–Crippen LogP) is 1.21. The van der Waals surface area contributed by atoms with E-state index in [9.17, 15) is 8.42 Å². The fourth-order valence-electron chi connectivity index (χ4n) is 3.19. The molecule has 0 bridgehead atoms. The molecule has 0 aromatic carbocycles. The van der Waals surface area contributed by atoms with Crippen molar-refractivity contribution in [3.63, 3.8) is 0 Å². The first kappa shape index (κ1) is 15.2. The first-order valence-corrected chi connectivity index (χ1v) is 9.05. The zero-order chi connectivity index (χ0) is 13.7. The Labute approximate surface area is 117 Å². The smallest absolute Gasteiger partial charge is 0.279 e. The molecule has 1 saturated heterocycles. The summed E-state index contributed by atoms with van der Waals surface area (Å²) in [6, 6.07) is 0.0343. The second kappa shape index (κ2) is 7.02. The molecule has 19 heavy (non-hydrogen) atoms. The molecule has 112 valence electrons. The first-order valence-electron chi connectivity index (χ1n) is 7.61. The van der Waals surface area contributed by atoms with Gasteiger partial charge < -0.3 is 5.73 Å². The lowest BCUT2D eigenvalue weighted by Crippen LogP contribution is -2.50. The van der Waals surface area contributed by atoms with Crippen LogP contribution in [0.4, 0.5) is 0 Å². The van der Waals surface area contributed by atoms with Crippen LogP contribution < -0.4 is 10.5 Å². The lowest BCUT2D eigenvalue weighted by molar-refractivity contribution is 0.288.